The fourth-order valence-corrected chi connectivity index (χ4v) is 2.70. The van der Waals surface area contributed by atoms with Crippen LogP contribution in [0.25, 0.3) is 0 Å². The van der Waals surface area contributed by atoms with Crippen LogP contribution in [0.3, 0.4) is 0 Å². The summed E-state index contributed by atoms with van der Waals surface area (Å²) in [5.74, 6) is 0. The molecule has 90 valence electrons. The molecule has 1 rings (SSSR count). The predicted molar refractivity (Wildman–Crippen MR) is 52.0 cm³/mol. The Morgan fingerprint density at radius 3 is 2.40 bits per heavy atom. The molecule has 1 aliphatic heterocycles. The summed E-state index contributed by atoms with van der Waals surface area (Å²) in [5.41, 5.74) is 0. The van der Waals surface area contributed by atoms with Gasteiger partial charge in [-0.1, -0.05) is 0 Å². The van der Waals surface area contributed by atoms with Crippen molar-refractivity contribution < 1.29 is 17.2 Å². The molecule has 0 amide bonds. The van der Waals surface area contributed by atoms with Crippen molar-refractivity contribution >= 4 is 10.2 Å². The predicted octanol–water partition coefficient (Wildman–Crippen LogP) is -0.667. The van der Waals surface area contributed by atoms with Gasteiger partial charge in [0.05, 0.1) is 6.54 Å². The lowest BCUT2D eigenvalue weighted by Gasteiger charge is -2.30. The lowest BCUT2D eigenvalue weighted by Crippen LogP contribution is -2.51. The van der Waals surface area contributed by atoms with Crippen LogP contribution in [0.2, 0.25) is 0 Å². The standard InChI is InChI=1S/C7H15F2N3O2S/c1-11(6-7(8)9)15(13,14)12-4-2-10-3-5-12/h7,10H,2-6H2,1H3. The zero-order chi connectivity index (χ0) is 11.5. The van der Waals surface area contributed by atoms with E-state index in [0.717, 1.165) is 0 Å². The molecule has 1 N–H and O–H groups in total. The number of alkyl halides is 2. The lowest BCUT2D eigenvalue weighted by atomic mass is 10.4. The summed E-state index contributed by atoms with van der Waals surface area (Å²) in [6.07, 6.45) is -2.65. The van der Waals surface area contributed by atoms with Crippen molar-refractivity contribution in [2.75, 3.05) is 39.8 Å². The van der Waals surface area contributed by atoms with Gasteiger partial charge < -0.3 is 5.32 Å². The highest BCUT2D eigenvalue weighted by atomic mass is 32.2. The molecule has 0 radical (unpaired) electrons. The van der Waals surface area contributed by atoms with Gasteiger partial charge in [-0.15, -0.1) is 0 Å². The molecule has 0 unspecified atom stereocenters. The van der Waals surface area contributed by atoms with E-state index in [1.54, 1.807) is 0 Å². The topological polar surface area (TPSA) is 52.7 Å². The summed E-state index contributed by atoms with van der Waals surface area (Å²) < 4.78 is 49.4. The fraction of sp³-hybridized carbons (Fsp3) is 1.00. The Balaban J connectivity index is 2.63. The molecule has 1 saturated heterocycles. The zero-order valence-electron chi connectivity index (χ0n) is 8.49. The van der Waals surface area contributed by atoms with Gasteiger partial charge in [-0.05, 0) is 0 Å². The molecular formula is C7H15F2N3O2S. The summed E-state index contributed by atoms with van der Waals surface area (Å²) in [7, 11) is -2.54. The highest BCUT2D eigenvalue weighted by Crippen LogP contribution is 2.09. The van der Waals surface area contributed by atoms with Gasteiger partial charge in [0.2, 0.25) is 0 Å². The second-order valence-corrected chi connectivity index (χ2v) is 5.36. The smallest absolute Gasteiger partial charge is 0.282 e. The van der Waals surface area contributed by atoms with Crippen molar-refractivity contribution in [3.8, 4) is 0 Å². The Bertz CT molecular complexity index is 291. The Hall–Kier alpha value is -0.310. The second-order valence-electron chi connectivity index (χ2n) is 3.33. The monoisotopic (exact) mass is 243 g/mol. The molecule has 0 bridgehead atoms. The molecule has 0 aromatic carbocycles. The Morgan fingerprint density at radius 2 is 1.93 bits per heavy atom. The van der Waals surface area contributed by atoms with E-state index in [9.17, 15) is 17.2 Å². The number of rotatable bonds is 4. The van der Waals surface area contributed by atoms with Crippen LogP contribution in [0.5, 0.6) is 0 Å². The summed E-state index contributed by atoms with van der Waals surface area (Å²) in [5, 5.41) is 2.99. The van der Waals surface area contributed by atoms with E-state index < -0.39 is 23.2 Å². The van der Waals surface area contributed by atoms with Crippen molar-refractivity contribution in [2.24, 2.45) is 0 Å². The zero-order valence-corrected chi connectivity index (χ0v) is 9.30. The van der Waals surface area contributed by atoms with Crippen LogP contribution in [-0.4, -0.2) is 63.2 Å². The third kappa shape index (κ3) is 3.33. The number of nitrogens with zero attached hydrogens (tertiary/aromatic N) is 2. The molecule has 0 aromatic rings. The summed E-state index contributed by atoms with van der Waals surface area (Å²) in [6, 6.07) is 0. The second kappa shape index (κ2) is 5.15. The molecule has 8 heteroatoms. The van der Waals surface area contributed by atoms with E-state index in [1.807, 2.05) is 0 Å². The van der Waals surface area contributed by atoms with Crippen LogP contribution in [0, 0.1) is 0 Å². The van der Waals surface area contributed by atoms with Crippen LogP contribution >= 0.6 is 0 Å². The first-order chi connectivity index (χ1) is 6.94. The van der Waals surface area contributed by atoms with Crippen molar-refractivity contribution in [3.05, 3.63) is 0 Å². The third-order valence-corrected chi connectivity index (χ3v) is 4.15. The maximum atomic E-state index is 12.0. The fourth-order valence-electron chi connectivity index (χ4n) is 1.36. The molecule has 1 heterocycles. The Kier molecular flexibility index (Phi) is 4.38. The van der Waals surface area contributed by atoms with Crippen LogP contribution in [0.15, 0.2) is 0 Å². The number of hydrogen-bond acceptors (Lipinski definition) is 3. The average molecular weight is 243 g/mol. The van der Waals surface area contributed by atoms with Crippen molar-refractivity contribution in [1.82, 2.24) is 13.9 Å². The van der Waals surface area contributed by atoms with Gasteiger partial charge in [-0.25, -0.2) is 8.78 Å². The highest BCUT2D eigenvalue weighted by molar-refractivity contribution is 7.86. The SMILES string of the molecule is CN(CC(F)F)S(=O)(=O)N1CCNCC1. The number of nitrogens with one attached hydrogen (secondary N) is 1. The van der Waals surface area contributed by atoms with E-state index in [0.29, 0.717) is 30.5 Å². The number of halogens is 2. The normalized spacial score (nSPS) is 20.1. The van der Waals surface area contributed by atoms with E-state index in [4.69, 9.17) is 0 Å². The van der Waals surface area contributed by atoms with E-state index in [1.165, 1.54) is 11.4 Å². The summed E-state index contributed by atoms with van der Waals surface area (Å²) >= 11 is 0. The van der Waals surface area contributed by atoms with Crippen LogP contribution in [-0.2, 0) is 10.2 Å². The Morgan fingerprint density at radius 1 is 1.40 bits per heavy atom. The van der Waals surface area contributed by atoms with Crippen LogP contribution < -0.4 is 5.32 Å². The number of piperazine rings is 1. The minimum Gasteiger partial charge on any atom is -0.314 e. The van der Waals surface area contributed by atoms with Crippen molar-refractivity contribution in [1.29, 1.82) is 0 Å². The average Bonchev–Trinajstić information content (AvgIpc) is 2.18. The molecule has 1 fully saturated rings. The molecule has 0 aromatic heterocycles. The van der Waals surface area contributed by atoms with E-state index in [-0.39, 0.29) is 0 Å². The molecule has 0 aliphatic carbocycles. The molecule has 15 heavy (non-hydrogen) atoms. The van der Waals surface area contributed by atoms with Gasteiger partial charge >= 0.3 is 0 Å². The molecule has 0 atom stereocenters. The van der Waals surface area contributed by atoms with Gasteiger partial charge in [-0.2, -0.15) is 17.0 Å². The molecule has 5 nitrogen and oxygen atoms in total. The van der Waals surface area contributed by atoms with E-state index in [2.05, 4.69) is 5.32 Å². The quantitative estimate of drug-likeness (QED) is 0.712. The molecular weight excluding hydrogens is 228 g/mol. The van der Waals surface area contributed by atoms with Crippen LogP contribution in [0.1, 0.15) is 0 Å². The first-order valence-corrected chi connectivity index (χ1v) is 6.04. The first-order valence-electron chi connectivity index (χ1n) is 4.65. The van der Waals surface area contributed by atoms with Crippen molar-refractivity contribution in [2.45, 2.75) is 6.43 Å². The van der Waals surface area contributed by atoms with Gasteiger partial charge in [0.1, 0.15) is 0 Å². The van der Waals surface area contributed by atoms with E-state index >= 15 is 0 Å². The highest BCUT2D eigenvalue weighted by Gasteiger charge is 2.29. The minimum atomic E-state index is -3.71. The molecule has 0 saturated carbocycles. The van der Waals surface area contributed by atoms with Crippen LogP contribution in [0.4, 0.5) is 8.78 Å². The third-order valence-electron chi connectivity index (χ3n) is 2.19. The molecule has 1 aliphatic rings. The minimum absolute atomic E-state index is 0.329. The first kappa shape index (κ1) is 12.8. The largest absolute Gasteiger partial charge is 0.314 e. The lowest BCUT2D eigenvalue weighted by molar-refractivity contribution is 0.123. The summed E-state index contributed by atoms with van der Waals surface area (Å²) in [6.45, 7) is 1.02. The Labute approximate surface area is 88.2 Å². The maximum absolute atomic E-state index is 12.0. The number of hydrogen-bond donors (Lipinski definition) is 1. The summed E-state index contributed by atoms with van der Waals surface area (Å²) in [4.78, 5) is 0. The van der Waals surface area contributed by atoms with Gasteiger partial charge in [0.15, 0.2) is 0 Å². The van der Waals surface area contributed by atoms with Gasteiger partial charge in [0.25, 0.3) is 16.6 Å². The van der Waals surface area contributed by atoms with Gasteiger partial charge in [0, 0.05) is 33.2 Å². The maximum Gasteiger partial charge on any atom is 0.282 e. The molecule has 0 spiro atoms. The van der Waals surface area contributed by atoms with Gasteiger partial charge in [-0.3, -0.25) is 0 Å². The van der Waals surface area contributed by atoms with Crippen molar-refractivity contribution in [3.63, 3.8) is 0 Å².